The monoisotopic (exact) mass is 196 g/mol. The SMILES string of the molecule is COCc1cc(OC)c2c(c1)OCO2. The van der Waals surface area contributed by atoms with Gasteiger partial charge in [0.25, 0.3) is 0 Å². The summed E-state index contributed by atoms with van der Waals surface area (Å²) in [6.07, 6.45) is 0. The van der Waals surface area contributed by atoms with E-state index in [-0.39, 0.29) is 6.79 Å². The number of hydrogen-bond acceptors (Lipinski definition) is 4. The average molecular weight is 196 g/mol. The lowest BCUT2D eigenvalue weighted by atomic mass is 10.2. The molecule has 4 heteroatoms. The van der Waals surface area contributed by atoms with E-state index >= 15 is 0 Å². The fraction of sp³-hybridized carbons (Fsp3) is 0.400. The molecule has 4 nitrogen and oxygen atoms in total. The van der Waals surface area contributed by atoms with Gasteiger partial charge in [0.2, 0.25) is 12.5 Å². The Balaban J connectivity index is 2.39. The van der Waals surface area contributed by atoms with Crippen molar-refractivity contribution < 1.29 is 18.9 Å². The van der Waals surface area contributed by atoms with Crippen LogP contribution in [-0.2, 0) is 11.3 Å². The van der Waals surface area contributed by atoms with Gasteiger partial charge in [-0.05, 0) is 17.7 Å². The van der Waals surface area contributed by atoms with Gasteiger partial charge in [-0.15, -0.1) is 0 Å². The van der Waals surface area contributed by atoms with E-state index in [1.807, 2.05) is 12.1 Å². The van der Waals surface area contributed by atoms with Crippen LogP contribution in [0.1, 0.15) is 5.56 Å². The van der Waals surface area contributed by atoms with Crippen LogP contribution in [0.2, 0.25) is 0 Å². The molecule has 0 unspecified atom stereocenters. The Morgan fingerprint density at radius 1 is 1.29 bits per heavy atom. The molecule has 76 valence electrons. The standard InChI is InChI=1S/C10H12O4/c1-11-5-7-3-8(12-2)10-9(4-7)13-6-14-10/h3-4H,5-6H2,1-2H3. The third-order valence-corrected chi connectivity index (χ3v) is 2.03. The van der Waals surface area contributed by atoms with E-state index < -0.39 is 0 Å². The highest BCUT2D eigenvalue weighted by molar-refractivity contribution is 5.54. The Labute approximate surface area is 82.3 Å². The number of fused-ring (bicyclic) bond motifs is 1. The van der Waals surface area contributed by atoms with Crippen molar-refractivity contribution in [1.29, 1.82) is 0 Å². The Bertz CT molecular complexity index is 335. The summed E-state index contributed by atoms with van der Waals surface area (Å²) in [4.78, 5) is 0. The molecule has 0 fully saturated rings. The Morgan fingerprint density at radius 2 is 2.14 bits per heavy atom. The third kappa shape index (κ3) is 1.48. The predicted molar refractivity (Wildman–Crippen MR) is 49.8 cm³/mol. The van der Waals surface area contributed by atoms with Crippen LogP contribution in [0, 0.1) is 0 Å². The van der Waals surface area contributed by atoms with E-state index in [1.165, 1.54) is 0 Å². The first kappa shape index (κ1) is 9.15. The number of hydrogen-bond donors (Lipinski definition) is 0. The van der Waals surface area contributed by atoms with Crippen molar-refractivity contribution >= 4 is 0 Å². The van der Waals surface area contributed by atoms with Gasteiger partial charge in [0.1, 0.15) is 0 Å². The van der Waals surface area contributed by atoms with Crippen molar-refractivity contribution in [1.82, 2.24) is 0 Å². The van der Waals surface area contributed by atoms with Gasteiger partial charge in [0.05, 0.1) is 13.7 Å². The predicted octanol–water partition coefficient (Wildman–Crippen LogP) is 1.57. The summed E-state index contributed by atoms with van der Waals surface area (Å²) in [7, 11) is 3.25. The molecule has 0 saturated heterocycles. The zero-order valence-corrected chi connectivity index (χ0v) is 8.20. The molecule has 0 saturated carbocycles. The molecule has 0 atom stereocenters. The minimum absolute atomic E-state index is 0.252. The third-order valence-electron chi connectivity index (χ3n) is 2.03. The van der Waals surface area contributed by atoms with Gasteiger partial charge in [0, 0.05) is 7.11 Å². The molecule has 2 rings (SSSR count). The Morgan fingerprint density at radius 3 is 2.86 bits per heavy atom. The first-order chi connectivity index (χ1) is 6.85. The number of rotatable bonds is 3. The van der Waals surface area contributed by atoms with Crippen molar-refractivity contribution in [2.24, 2.45) is 0 Å². The van der Waals surface area contributed by atoms with E-state index in [2.05, 4.69) is 0 Å². The molecule has 1 aromatic rings. The second-order valence-electron chi connectivity index (χ2n) is 2.96. The van der Waals surface area contributed by atoms with E-state index in [0.29, 0.717) is 18.1 Å². The highest BCUT2D eigenvalue weighted by atomic mass is 16.7. The molecular formula is C10H12O4. The molecule has 14 heavy (non-hydrogen) atoms. The second kappa shape index (κ2) is 3.75. The van der Waals surface area contributed by atoms with Crippen LogP contribution in [0.3, 0.4) is 0 Å². The van der Waals surface area contributed by atoms with Crippen LogP contribution >= 0.6 is 0 Å². The first-order valence-electron chi connectivity index (χ1n) is 4.30. The van der Waals surface area contributed by atoms with Gasteiger partial charge in [-0.1, -0.05) is 0 Å². The largest absolute Gasteiger partial charge is 0.493 e. The second-order valence-corrected chi connectivity index (χ2v) is 2.96. The maximum atomic E-state index is 5.27. The molecule has 0 aromatic heterocycles. The Kier molecular flexibility index (Phi) is 2.45. The van der Waals surface area contributed by atoms with Gasteiger partial charge in [0.15, 0.2) is 11.5 Å². The molecule has 1 aromatic carbocycles. The number of ether oxygens (including phenoxy) is 4. The molecule has 0 bridgehead atoms. The van der Waals surface area contributed by atoms with Crippen molar-refractivity contribution in [3.63, 3.8) is 0 Å². The minimum atomic E-state index is 0.252. The molecule has 0 amide bonds. The van der Waals surface area contributed by atoms with Crippen molar-refractivity contribution in [2.45, 2.75) is 6.61 Å². The lowest BCUT2D eigenvalue weighted by Gasteiger charge is -2.07. The molecule has 1 heterocycles. The fourth-order valence-corrected chi connectivity index (χ4v) is 1.43. The molecule has 0 spiro atoms. The lowest BCUT2D eigenvalue weighted by molar-refractivity contribution is 0.170. The summed E-state index contributed by atoms with van der Waals surface area (Å²) in [5, 5.41) is 0. The van der Waals surface area contributed by atoms with Crippen molar-refractivity contribution in [3.05, 3.63) is 17.7 Å². The normalized spacial score (nSPS) is 13.0. The molecule has 0 aliphatic carbocycles. The summed E-state index contributed by atoms with van der Waals surface area (Å²) in [6.45, 7) is 0.787. The van der Waals surface area contributed by atoms with Crippen LogP contribution in [0.4, 0.5) is 0 Å². The van der Waals surface area contributed by atoms with Crippen molar-refractivity contribution in [2.75, 3.05) is 21.0 Å². The number of benzene rings is 1. The average Bonchev–Trinajstić information content (AvgIpc) is 2.65. The fourth-order valence-electron chi connectivity index (χ4n) is 1.43. The summed E-state index contributed by atoms with van der Waals surface area (Å²) in [5.41, 5.74) is 1.01. The Hall–Kier alpha value is -1.42. The quantitative estimate of drug-likeness (QED) is 0.735. The van der Waals surface area contributed by atoms with E-state index in [9.17, 15) is 0 Å². The number of methoxy groups -OCH3 is 2. The molecule has 1 aliphatic rings. The zero-order valence-electron chi connectivity index (χ0n) is 8.20. The van der Waals surface area contributed by atoms with Crippen LogP contribution in [0.5, 0.6) is 17.2 Å². The van der Waals surface area contributed by atoms with Crippen molar-refractivity contribution in [3.8, 4) is 17.2 Å². The van der Waals surface area contributed by atoms with E-state index in [0.717, 1.165) is 11.3 Å². The smallest absolute Gasteiger partial charge is 0.231 e. The molecule has 0 N–H and O–H groups in total. The highest BCUT2D eigenvalue weighted by Crippen LogP contribution is 2.41. The summed E-state index contributed by atoms with van der Waals surface area (Å²) in [5.74, 6) is 2.08. The summed E-state index contributed by atoms with van der Waals surface area (Å²) < 4.78 is 20.8. The van der Waals surface area contributed by atoms with Gasteiger partial charge in [-0.25, -0.2) is 0 Å². The molecular weight excluding hydrogens is 184 g/mol. The maximum Gasteiger partial charge on any atom is 0.231 e. The van der Waals surface area contributed by atoms with Crippen LogP contribution < -0.4 is 14.2 Å². The van der Waals surface area contributed by atoms with Crippen LogP contribution in [-0.4, -0.2) is 21.0 Å². The first-order valence-corrected chi connectivity index (χ1v) is 4.30. The summed E-state index contributed by atoms with van der Waals surface area (Å²) >= 11 is 0. The van der Waals surface area contributed by atoms with E-state index in [1.54, 1.807) is 14.2 Å². The summed E-state index contributed by atoms with van der Waals surface area (Å²) in [6, 6.07) is 3.78. The maximum absolute atomic E-state index is 5.27. The minimum Gasteiger partial charge on any atom is -0.493 e. The van der Waals surface area contributed by atoms with Gasteiger partial charge >= 0.3 is 0 Å². The van der Waals surface area contributed by atoms with Gasteiger partial charge < -0.3 is 18.9 Å². The van der Waals surface area contributed by atoms with Crippen LogP contribution in [0.15, 0.2) is 12.1 Å². The topological polar surface area (TPSA) is 36.9 Å². The van der Waals surface area contributed by atoms with Gasteiger partial charge in [-0.3, -0.25) is 0 Å². The zero-order chi connectivity index (χ0) is 9.97. The molecule has 0 radical (unpaired) electrons. The van der Waals surface area contributed by atoms with Gasteiger partial charge in [-0.2, -0.15) is 0 Å². The molecule has 1 aliphatic heterocycles. The lowest BCUT2D eigenvalue weighted by Crippen LogP contribution is -1.93. The van der Waals surface area contributed by atoms with E-state index in [4.69, 9.17) is 18.9 Å². The highest BCUT2D eigenvalue weighted by Gasteiger charge is 2.19. The van der Waals surface area contributed by atoms with Crippen LogP contribution in [0.25, 0.3) is 0 Å².